The molecule has 0 spiro atoms. The fourth-order valence-corrected chi connectivity index (χ4v) is 3.32. The molecule has 0 aliphatic carbocycles. The Bertz CT molecular complexity index is 969. The second-order valence-electron chi connectivity index (χ2n) is 7.58. The number of carbonyl (C=O) groups is 1. The lowest BCUT2D eigenvalue weighted by Gasteiger charge is -2.25. The lowest BCUT2D eigenvalue weighted by atomic mass is 10.1. The molecule has 1 heterocycles. The van der Waals surface area contributed by atoms with Gasteiger partial charge in [0, 0.05) is 17.1 Å². The van der Waals surface area contributed by atoms with Gasteiger partial charge < -0.3 is 14.8 Å². The largest absolute Gasteiger partial charge is 0.460 e. The van der Waals surface area contributed by atoms with E-state index in [-0.39, 0.29) is 17.4 Å². The normalized spacial score (nSPS) is 13.7. The van der Waals surface area contributed by atoms with Crippen molar-refractivity contribution >= 4 is 23.2 Å². The number of hydrogen-bond acceptors (Lipinski definition) is 4. The molecular formula is C26H29ClN2O3. The number of pyridine rings is 1. The fourth-order valence-electron chi connectivity index (χ4n) is 3.19. The number of rotatable bonds is 11. The van der Waals surface area contributed by atoms with Crippen molar-refractivity contribution in [1.82, 2.24) is 4.98 Å². The molecule has 3 atom stereocenters. The minimum absolute atomic E-state index is 0.0654. The maximum Gasteiger partial charge on any atom is 0.259 e. The summed E-state index contributed by atoms with van der Waals surface area (Å²) in [5, 5.41) is 2.99. The van der Waals surface area contributed by atoms with Gasteiger partial charge in [-0.15, -0.1) is 11.6 Å². The van der Waals surface area contributed by atoms with Crippen LogP contribution < -0.4 is 10.1 Å². The second-order valence-corrected chi connectivity index (χ2v) is 8.20. The molecule has 168 valence electrons. The van der Waals surface area contributed by atoms with E-state index in [4.69, 9.17) is 21.1 Å². The van der Waals surface area contributed by atoms with Crippen molar-refractivity contribution in [3.8, 4) is 5.75 Å². The van der Waals surface area contributed by atoms with Crippen LogP contribution in [0, 0.1) is 0 Å². The first-order chi connectivity index (χ1) is 15.6. The van der Waals surface area contributed by atoms with Gasteiger partial charge in [-0.3, -0.25) is 9.78 Å². The van der Waals surface area contributed by atoms with Crippen LogP contribution in [0.5, 0.6) is 5.75 Å². The Kier molecular flexibility index (Phi) is 9.08. The van der Waals surface area contributed by atoms with Gasteiger partial charge in [0.2, 0.25) is 6.29 Å². The fraction of sp³-hybridized carbons (Fsp3) is 0.308. The van der Waals surface area contributed by atoms with Crippen LogP contribution in [-0.4, -0.2) is 22.4 Å². The predicted octanol–water partition coefficient (Wildman–Crippen LogP) is 6.61. The van der Waals surface area contributed by atoms with Gasteiger partial charge in [0.15, 0.2) is 0 Å². The average Bonchev–Trinajstić information content (AvgIpc) is 2.83. The molecule has 3 unspecified atom stereocenters. The Morgan fingerprint density at radius 3 is 2.50 bits per heavy atom. The highest BCUT2D eigenvalue weighted by Crippen LogP contribution is 2.29. The standard InChI is InChI=1S/C26H29ClN2O3/c1-3-21(27)16-15-19(2)31-26(20-10-5-4-6-11-20)32-24-14-8-7-13-23(24)25(30)29-22-12-9-17-28-18-22/h4-14,17-19,21,26H,3,15-16H2,1-2H3,(H,29,30). The van der Waals surface area contributed by atoms with Crippen molar-refractivity contribution in [2.24, 2.45) is 0 Å². The van der Waals surface area contributed by atoms with Gasteiger partial charge in [-0.2, -0.15) is 0 Å². The molecule has 1 N–H and O–H groups in total. The monoisotopic (exact) mass is 452 g/mol. The third kappa shape index (κ3) is 7.08. The van der Waals surface area contributed by atoms with Gasteiger partial charge in [0.05, 0.1) is 23.6 Å². The first kappa shape index (κ1) is 23.8. The van der Waals surface area contributed by atoms with E-state index < -0.39 is 6.29 Å². The van der Waals surface area contributed by atoms with E-state index in [2.05, 4.69) is 17.2 Å². The van der Waals surface area contributed by atoms with Gasteiger partial charge >= 0.3 is 0 Å². The van der Waals surface area contributed by atoms with E-state index in [1.807, 2.05) is 43.3 Å². The Morgan fingerprint density at radius 1 is 1.03 bits per heavy atom. The molecule has 1 amide bonds. The molecule has 2 aromatic carbocycles. The highest BCUT2D eigenvalue weighted by Gasteiger charge is 2.21. The quantitative estimate of drug-likeness (QED) is 0.262. The van der Waals surface area contributed by atoms with Gasteiger partial charge in [-0.1, -0.05) is 49.4 Å². The summed E-state index contributed by atoms with van der Waals surface area (Å²) in [5.74, 6) is 0.167. The van der Waals surface area contributed by atoms with Crippen molar-refractivity contribution in [2.75, 3.05) is 5.32 Å². The molecule has 3 rings (SSSR count). The number of hydrogen-bond donors (Lipinski definition) is 1. The molecule has 0 aliphatic heterocycles. The molecule has 0 bridgehead atoms. The number of anilines is 1. The molecule has 0 aliphatic rings. The van der Waals surface area contributed by atoms with E-state index >= 15 is 0 Å². The molecule has 1 aromatic heterocycles. The molecule has 0 radical (unpaired) electrons. The average molecular weight is 453 g/mol. The number of aromatic nitrogens is 1. The van der Waals surface area contributed by atoms with Crippen LogP contribution in [0.3, 0.4) is 0 Å². The van der Waals surface area contributed by atoms with Crippen LogP contribution in [0.2, 0.25) is 0 Å². The number of ether oxygens (including phenoxy) is 2. The Hall–Kier alpha value is -2.89. The van der Waals surface area contributed by atoms with Crippen LogP contribution in [0.4, 0.5) is 5.69 Å². The third-order valence-corrected chi connectivity index (χ3v) is 5.57. The van der Waals surface area contributed by atoms with Crippen LogP contribution >= 0.6 is 11.6 Å². The molecule has 3 aromatic rings. The predicted molar refractivity (Wildman–Crippen MR) is 128 cm³/mol. The number of alkyl halides is 1. The highest BCUT2D eigenvalue weighted by molar-refractivity contribution is 6.20. The van der Waals surface area contributed by atoms with Crippen molar-refractivity contribution in [3.05, 3.63) is 90.3 Å². The zero-order valence-electron chi connectivity index (χ0n) is 18.4. The molecule has 5 nitrogen and oxygen atoms in total. The number of amides is 1. The van der Waals surface area contributed by atoms with E-state index in [1.165, 1.54) is 0 Å². The van der Waals surface area contributed by atoms with Crippen LogP contribution in [-0.2, 0) is 4.74 Å². The Balaban J connectivity index is 1.78. The molecule has 32 heavy (non-hydrogen) atoms. The maximum atomic E-state index is 12.9. The number of nitrogens with one attached hydrogen (secondary N) is 1. The second kappa shape index (κ2) is 12.2. The Morgan fingerprint density at radius 2 is 1.78 bits per heavy atom. The molecule has 0 saturated carbocycles. The van der Waals surface area contributed by atoms with Gasteiger partial charge in [0.1, 0.15) is 5.75 Å². The molecule has 0 saturated heterocycles. The first-order valence-electron chi connectivity index (χ1n) is 10.9. The maximum absolute atomic E-state index is 12.9. The minimum atomic E-state index is -0.658. The SMILES string of the molecule is CCC(Cl)CCC(C)OC(Oc1ccccc1C(=O)Nc1cccnc1)c1ccccc1. The van der Waals surface area contributed by atoms with Crippen LogP contribution in [0.15, 0.2) is 79.1 Å². The van der Waals surface area contributed by atoms with Gasteiger partial charge in [-0.25, -0.2) is 0 Å². The van der Waals surface area contributed by atoms with Crippen LogP contribution in [0.25, 0.3) is 0 Å². The van der Waals surface area contributed by atoms with Crippen molar-refractivity contribution in [2.45, 2.75) is 50.9 Å². The molecular weight excluding hydrogens is 424 g/mol. The lowest BCUT2D eigenvalue weighted by Crippen LogP contribution is -2.21. The summed E-state index contributed by atoms with van der Waals surface area (Å²) in [4.78, 5) is 16.9. The van der Waals surface area contributed by atoms with Crippen molar-refractivity contribution < 1.29 is 14.3 Å². The Labute approximate surface area is 194 Å². The number of nitrogens with zero attached hydrogens (tertiary/aromatic N) is 1. The summed E-state index contributed by atoms with van der Waals surface area (Å²) in [6.45, 7) is 4.09. The summed E-state index contributed by atoms with van der Waals surface area (Å²) < 4.78 is 12.5. The summed E-state index contributed by atoms with van der Waals surface area (Å²) in [6, 6.07) is 20.4. The molecule has 6 heteroatoms. The van der Waals surface area contributed by atoms with Gasteiger partial charge in [-0.05, 0) is 50.5 Å². The van der Waals surface area contributed by atoms with Gasteiger partial charge in [0.25, 0.3) is 5.91 Å². The van der Waals surface area contributed by atoms with Crippen molar-refractivity contribution in [1.29, 1.82) is 0 Å². The van der Waals surface area contributed by atoms with E-state index in [0.29, 0.717) is 17.0 Å². The number of benzene rings is 2. The molecule has 0 fully saturated rings. The van der Waals surface area contributed by atoms with E-state index in [1.54, 1.807) is 42.7 Å². The summed E-state index contributed by atoms with van der Waals surface area (Å²) in [5.41, 5.74) is 1.91. The summed E-state index contributed by atoms with van der Waals surface area (Å²) in [6.07, 6.45) is 5.13. The number of para-hydroxylation sites is 1. The highest BCUT2D eigenvalue weighted by atomic mass is 35.5. The third-order valence-electron chi connectivity index (χ3n) is 5.04. The number of halogens is 1. The summed E-state index contributed by atoms with van der Waals surface area (Å²) in [7, 11) is 0. The minimum Gasteiger partial charge on any atom is -0.460 e. The smallest absolute Gasteiger partial charge is 0.259 e. The zero-order chi connectivity index (χ0) is 22.8. The topological polar surface area (TPSA) is 60.5 Å². The number of carbonyl (C=O) groups excluding carboxylic acids is 1. The van der Waals surface area contributed by atoms with Crippen molar-refractivity contribution in [3.63, 3.8) is 0 Å². The van der Waals surface area contributed by atoms with Crippen LogP contribution in [0.1, 0.15) is 55.3 Å². The lowest BCUT2D eigenvalue weighted by molar-refractivity contribution is -0.119. The van der Waals surface area contributed by atoms with E-state index in [9.17, 15) is 4.79 Å². The zero-order valence-corrected chi connectivity index (χ0v) is 19.2. The first-order valence-corrected chi connectivity index (χ1v) is 11.3. The summed E-state index contributed by atoms with van der Waals surface area (Å²) >= 11 is 6.28. The van der Waals surface area contributed by atoms with E-state index in [0.717, 1.165) is 24.8 Å².